The minimum Gasteiger partial charge on any atom is -0.368 e. The zero-order chi connectivity index (χ0) is 35.4. The monoisotopic (exact) mass is 700 g/mol. The number of hydrogen-bond acceptors (Lipinski definition) is 6. The average molecular weight is 701 g/mol. The van der Waals surface area contributed by atoms with Crippen LogP contribution in [0.2, 0.25) is 5.02 Å². The lowest BCUT2D eigenvalue weighted by Crippen LogP contribution is -2.54. The van der Waals surface area contributed by atoms with Gasteiger partial charge in [0.05, 0.1) is 22.0 Å². The van der Waals surface area contributed by atoms with Crippen molar-refractivity contribution in [2.45, 2.75) is 51.2 Å². The maximum atomic E-state index is 14.1. The first-order valence-corrected chi connectivity index (χ1v) is 17.3. The predicted molar refractivity (Wildman–Crippen MR) is 184 cm³/mol. The summed E-state index contributed by atoms with van der Waals surface area (Å²) < 4.78 is 41.3. The molecule has 2 aromatic rings. The van der Waals surface area contributed by atoms with Gasteiger partial charge < -0.3 is 19.6 Å². The van der Waals surface area contributed by atoms with Crippen molar-refractivity contribution in [3.05, 3.63) is 58.8 Å². The fourth-order valence-corrected chi connectivity index (χ4v) is 8.52. The summed E-state index contributed by atoms with van der Waals surface area (Å²) in [6.45, 7) is 8.52. The fourth-order valence-electron chi connectivity index (χ4n) is 8.23. The van der Waals surface area contributed by atoms with Gasteiger partial charge in [-0.1, -0.05) is 24.2 Å². The second-order valence-electron chi connectivity index (χ2n) is 14.5. The Morgan fingerprint density at radius 2 is 1.73 bits per heavy atom. The van der Waals surface area contributed by atoms with Gasteiger partial charge in [0.1, 0.15) is 11.9 Å². The molecule has 2 saturated heterocycles. The summed E-state index contributed by atoms with van der Waals surface area (Å²) in [6.07, 6.45) is -0.524. The summed E-state index contributed by atoms with van der Waals surface area (Å²) in [7, 11) is 5.47. The zero-order valence-corrected chi connectivity index (χ0v) is 29.2. The van der Waals surface area contributed by atoms with E-state index in [-0.39, 0.29) is 23.8 Å². The minimum atomic E-state index is -4.63. The number of aromatic nitrogens is 1. The molecule has 3 aliphatic heterocycles. The number of rotatable bonds is 7. The van der Waals surface area contributed by atoms with Crippen LogP contribution in [0, 0.1) is 30.6 Å². The number of alkyl halides is 3. The molecular formula is C36H44ClF3N6O3. The van der Waals surface area contributed by atoms with E-state index in [1.807, 2.05) is 30.0 Å². The van der Waals surface area contributed by atoms with Crippen molar-refractivity contribution in [2.75, 3.05) is 68.6 Å². The zero-order valence-electron chi connectivity index (χ0n) is 28.5. The normalized spacial score (nSPS) is 24.8. The molecule has 0 radical (unpaired) electrons. The molecule has 1 aliphatic carbocycles. The second-order valence-corrected chi connectivity index (χ2v) is 14.9. The molecule has 0 bridgehead atoms. The highest BCUT2D eigenvalue weighted by molar-refractivity contribution is 6.34. The van der Waals surface area contributed by atoms with E-state index in [0.29, 0.717) is 53.7 Å². The van der Waals surface area contributed by atoms with Gasteiger partial charge in [-0.05, 0) is 88.7 Å². The molecule has 4 heterocycles. The third-order valence-corrected chi connectivity index (χ3v) is 11.0. The van der Waals surface area contributed by atoms with E-state index in [1.165, 1.54) is 16.7 Å². The Morgan fingerprint density at radius 3 is 2.39 bits per heavy atom. The number of carbonyl (C=O) groups is 3. The second kappa shape index (κ2) is 13.6. The summed E-state index contributed by atoms with van der Waals surface area (Å²) >= 11 is 6.83. The van der Waals surface area contributed by atoms with Crippen molar-refractivity contribution >= 4 is 46.5 Å². The highest BCUT2D eigenvalue weighted by Crippen LogP contribution is 2.45. The third-order valence-electron chi connectivity index (χ3n) is 10.7. The molecule has 4 aliphatic rings. The van der Waals surface area contributed by atoms with Crippen LogP contribution in [0.1, 0.15) is 43.4 Å². The molecule has 0 unspecified atom stereocenters. The van der Waals surface area contributed by atoms with E-state index >= 15 is 0 Å². The van der Waals surface area contributed by atoms with Crippen LogP contribution in [0.4, 0.5) is 30.4 Å². The van der Waals surface area contributed by atoms with Crippen LogP contribution in [0.15, 0.2) is 42.5 Å². The molecule has 13 heteroatoms. The summed E-state index contributed by atoms with van der Waals surface area (Å²) in [5.41, 5.74) is 1.13. The van der Waals surface area contributed by atoms with E-state index in [4.69, 9.17) is 11.6 Å². The lowest BCUT2D eigenvalue weighted by atomic mass is 9.73. The molecule has 1 saturated carbocycles. The third kappa shape index (κ3) is 7.04. The Hall–Kier alpha value is -3.64. The predicted octanol–water partition coefficient (Wildman–Crippen LogP) is 5.65. The molecule has 6 rings (SSSR count). The van der Waals surface area contributed by atoms with Gasteiger partial charge in [0, 0.05) is 63.4 Å². The lowest BCUT2D eigenvalue weighted by Gasteiger charge is -2.46. The van der Waals surface area contributed by atoms with Crippen molar-refractivity contribution in [3.63, 3.8) is 0 Å². The molecule has 0 N–H and O–H groups in total. The molecule has 0 spiro atoms. The standard InChI is InChI=1S/C36H44ClF3N6O3/c1-21(16-42(3)4)34(48)45-19-26(20-45)24-11-9-23(10-12-24)17-44-18-25-14-31(47)46(30-15-27(36(38,39)40)13-22(2)41-30)32(25)35(49)43(5)29-8-6-7-28(37)33(29)44/h6-8,13,15,23-26,32H,1,9-12,14,16-20H2,2-5H3/t23?,24?,25-,32+/m1/s1. The molecular weight excluding hydrogens is 657 g/mol. The van der Waals surface area contributed by atoms with Crippen LogP contribution >= 0.6 is 11.6 Å². The first-order valence-electron chi connectivity index (χ1n) is 16.9. The smallest absolute Gasteiger partial charge is 0.368 e. The number of anilines is 3. The van der Waals surface area contributed by atoms with Crippen LogP contribution in [0.3, 0.4) is 0 Å². The number of pyridine rings is 1. The molecule has 2 atom stereocenters. The molecule has 9 nitrogen and oxygen atoms in total. The Bertz CT molecular complexity index is 1640. The van der Waals surface area contributed by atoms with Gasteiger partial charge in [0.15, 0.2) is 0 Å². The van der Waals surface area contributed by atoms with Crippen molar-refractivity contribution in [3.8, 4) is 0 Å². The lowest BCUT2D eigenvalue weighted by molar-refractivity contribution is -0.138. The van der Waals surface area contributed by atoms with E-state index in [2.05, 4.69) is 16.5 Å². The van der Waals surface area contributed by atoms with Crippen molar-refractivity contribution < 1.29 is 27.6 Å². The summed E-state index contributed by atoms with van der Waals surface area (Å²) in [4.78, 5) is 53.4. The molecule has 3 fully saturated rings. The number of amides is 3. The number of nitrogens with zero attached hydrogens (tertiary/aromatic N) is 6. The number of fused-ring (bicyclic) bond motifs is 2. The Morgan fingerprint density at radius 1 is 1.04 bits per heavy atom. The van der Waals surface area contributed by atoms with E-state index in [1.54, 1.807) is 19.2 Å². The SMILES string of the molecule is C=C(CN(C)C)C(=O)N1CC(C2CCC(CN3C[C@H]4CC(=O)N(c5cc(C(F)(F)F)cc(C)n5)[C@@H]4C(=O)N(C)c4cccc(Cl)c43)CC2)C1. The highest BCUT2D eigenvalue weighted by Gasteiger charge is 2.50. The van der Waals surface area contributed by atoms with Crippen LogP contribution in [0.25, 0.3) is 0 Å². The number of aryl methyl sites for hydroxylation is 1. The van der Waals surface area contributed by atoms with Gasteiger partial charge in [0.25, 0.3) is 5.91 Å². The van der Waals surface area contributed by atoms with Crippen LogP contribution in [-0.4, -0.2) is 92.4 Å². The molecule has 49 heavy (non-hydrogen) atoms. The van der Waals surface area contributed by atoms with E-state index in [9.17, 15) is 27.6 Å². The van der Waals surface area contributed by atoms with E-state index in [0.717, 1.165) is 56.6 Å². The van der Waals surface area contributed by atoms with Gasteiger partial charge in [-0.15, -0.1) is 0 Å². The Labute approximate surface area is 290 Å². The van der Waals surface area contributed by atoms with Gasteiger partial charge in [-0.2, -0.15) is 13.2 Å². The summed E-state index contributed by atoms with van der Waals surface area (Å²) in [5, 5.41) is 0.496. The first-order chi connectivity index (χ1) is 23.1. The number of benzene rings is 1. The fraction of sp³-hybridized carbons (Fsp3) is 0.556. The van der Waals surface area contributed by atoms with Gasteiger partial charge in [-0.25, -0.2) is 4.98 Å². The molecule has 1 aromatic carbocycles. The van der Waals surface area contributed by atoms with E-state index < -0.39 is 35.5 Å². The molecule has 1 aromatic heterocycles. The minimum absolute atomic E-state index is 0.00210. The largest absolute Gasteiger partial charge is 0.416 e. The van der Waals surface area contributed by atoms with Gasteiger partial charge >= 0.3 is 6.18 Å². The van der Waals surface area contributed by atoms with Crippen molar-refractivity contribution in [1.29, 1.82) is 0 Å². The number of carbonyl (C=O) groups excluding carboxylic acids is 3. The quantitative estimate of drug-likeness (QED) is 0.348. The van der Waals surface area contributed by atoms with Gasteiger partial charge in [0.2, 0.25) is 11.8 Å². The topological polar surface area (TPSA) is 80.3 Å². The Balaban J connectivity index is 1.19. The van der Waals surface area contributed by atoms with Crippen LogP contribution in [-0.2, 0) is 20.6 Å². The summed E-state index contributed by atoms with van der Waals surface area (Å²) in [6, 6.07) is 6.15. The maximum Gasteiger partial charge on any atom is 0.416 e. The molecule has 3 amide bonds. The number of halogens is 4. The highest BCUT2D eigenvalue weighted by atomic mass is 35.5. The number of likely N-dealkylation sites (N-methyl/N-ethyl adjacent to an activating group) is 2. The molecule has 264 valence electrons. The van der Waals surface area contributed by atoms with Crippen molar-refractivity contribution in [2.24, 2.45) is 23.7 Å². The number of para-hydroxylation sites is 1. The van der Waals surface area contributed by atoms with Crippen molar-refractivity contribution in [1.82, 2.24) is 14.8 Å². The summed E-state index contributed by atoms with van der Waals surface area (Å²) in [5.74, 6) is -0.0642. The maximum absolute atomic E-state index is 14.1. The average Bonchev–Trinajstić information content (AvgIpc) is 3.33. The number of likely N-dealkylation sites (tertiary alicyclic amines) is 1. The Kier molecular flexibility index (Phi) is 9.76. The number of hydrogen-bond donors (Lipinski definition) is 0. The van der Waals surface area contributed by atoms with Gasteiger partial charge in [-0.3, -0.25) is 19.3 Å². The first kappa shape index (κ1) is 35.2. The van der Waals surface area contributed by atoms with Crippen LogP contribution < -0.4 is 14.7 Å². The van der Waals surface area contributed by atoms with Crippen LogP contribution in [0.5, 0.6) is 0 Å².